The van der Waals surface area contributed by atoms with Crippen molar-refractivity contribution in [1.82, 2.24) is 5.32 Å². The lowest BCUT2D eigenvalue weighted by atomic mass is 10.0. The maximum absolute atomic E-state index is 10.4. The van der Waals surface area contributed by atoms with Gasteiger partial charge in [0.15, 0.2) is 0 Å². The van der Waals surface area contributed by atoms with Crippen LogP contribution < -0.4 is 14.8 Å². The van der Waals surface area contributed by atoms with E-state index in [1.807, 2.05) is 12.1 Å². The first-order chi connectivity index (χ1) is 12.9. The van der Waals surface area contributed by atoms with Crippen LogP contribution in [0.25, 0.3) is 0 Å². The van der Waals surface area contributed by atoms with Gasteiger partial charge in [-0.1, -0.05) is 55.2 Å². The van der Waals surface area contributed by atoms with Crippen LogP contribution in [0.3, 0.4) is 0 Å². The molecule has 27 heavy (non-hydrogen) atoms. The smallest absolute Gasteiger partial charge is 0.139 e. The van der Waals surface area contributed by atoms with Crippen LogP contribution in [-0.4, -0.2) is 36.5 Å². The number of nitrogens with one attached hydrogen (secondary N) is 1. The monoisotopic (exact) mass is 409 g/mol. The summed E-state index contributed by atoms with van der Waals surface area (Å²) in [6.45, 7) is 5.15. The van der Waals surface area contributed by atoms with Crippen molar-refractivity contribution in [1.29, 1.82) is 0 Å². The Kier molecular flexibility index (Phi) is 6.88. The summed E-state index contributed by atoms with van der Waals surface area (Å²) in [6, 6.07) is 13.3. The highest BCUT2D eigenvalue weighted by molar-refractivity contribution is 6.42. The maximum Gasteiger partial charge on any atom is 0.139 e. The highest BCUT2D eigenvalue weighted by Crippen LogP contribution is 2.31. The molecule has 0 radical (unpaired) electrons. The third-order valence-electron chi connectivity index (χ3n) is 4.76. The summed E-state index contributed by atoms with van der Waals surface area (Å²) >= 11 is 12.1. The van der Waals surface area contributed by atoms with Gasteiger partial charge in [0, 0.05) is 19.0 Å². The zero-order chi connectivity index (χ0) is 19.4. The molecule has 1 fully saturated rings. The Balaban J connectivity index is 1.49. The summed E-state index contributed by atoms with van der Waals surface area (Å²) in [5.74, 6) is 1.82. The molecule has 1 aliphatic heterocycles. The van der Waals surface area contributed by atoms with Crippen molar-refractivity contribution >= 4 is 23.2 Å². The van der Waals surface area contributed by atoms with E-state index >= 15 is 0 Å². The van der Waals surface area contributed by atoms with Gasteiger partial charge in [0.25, 0.3) is 0 Å². The van der Waals surface area contributed by atoms with E-state index in [9.17, 15) is 5.11 Å². The predicted molar refractivity (Wildman–Crippen MR) is 109 cm³/mol. The minimum atomic E-state index is -0.669. The number of aliphatic hydroxyl groups is 1. The molecule has 2 unspecified atom stereocenters. The number of aliphatic hydroxyl groups excluding tert-OH is 1. The molecule has 0 aromatic heterocycles. The second-order valence-electron chi connectivity index (χ2n) is 7.14. The zero-order valence-corrected chi connectivity index (χ0v) is 17.0. The van der Waals surface area contributed by atoms with Crippen molar-refractivity contribution in [3.8, 4) is 11.5 Å². The van der Waals surface area contributed by atoms with Crippen molar-refractivity contribution < 1.29 is 14.6 Å². The van der Waals surface area contributed by atoms with E-state index in [2.05, 4.69) is 31.3 Å². The topological polar surface area (TPSA) is 50.7 Å². The van der Waals surface area contributed by atoms with Crippen LogP contribution in [0, 0.1) is 0 Å². The van der Waals surface area contributed by atoms with Gasteiger partial charge in [-0.25, -0.2) is 0 Å². The van der Waals surface area contributed by atoms with Gasteiger partial charge in [0.05, 0.1) is 5.02 Å². The van der Waals surface area contributed by atoms with E-state index in [1.54, 1.807) is 18.2 Å². The van der Waals surface area contributed by atoms with Crippen LogP contribution >= 0.6 is 23.2 Å². The largest absolute Gasteiger partial charge is 0.489 e. The van der Waals surface area contributed by atoms with Crippen LogP contribution in [-0.2, 0) is 0 Å². The van der Waals surface area contributed by atoms with Crippen molar-refractivity contribution in [2.45, 2.75) is 44.4 Å². The average molecular weight is 410 g/mol. The normalized spacial score (nSPS) is 20.7. The van der Waals surface area contributed by atoms with Crippen LogP contribution in [0.4, 0.5) is 0 Å². The molecule has 2 aromatic carbocycles. The number of rotatable bonds is 7. The molecule has 6 heteroatoms. The van der Waals surface area contributed by atoms with Crippen LogP contribution in [0.15, 0.2) is 42.5 Å². The molecule has 1 heterocycles. The quantitative estimate of drug-likeness (QED) is 0.697. The molecule has 0 amide bonds. The minimum absolute atomic E-state index is 0.0179. The van der Waals surface area contributed by atoms with Crippen LogP contribution in [0.1, 0.15) is 31.7 Å². The third-order valence-corrected chi connectivity index (χ3v) is 5.57. The highest BCUT2D eigenvalue weighted by atomic mass is 35.5. The Hall–Kier alpha value is -1.46. The number of hydrogen-bond acceptors (Lipinski definition) is 4. The fourth-order valence-corrected chi connectivity index (χ4v) is 3.47. The summed E-state index contributed by atoms with van der Waals surface area (Å²) in [4.78, 5) is 0. The molecule has 3 rings (SSSR count). The molecule has 0 saturated carbocycles. The molecule has 4 nitrogen and oxygen atoms in total. The molecule has 2 N–H and O–H groups in total. The number of hydrogen-bond donors (Lipinski definition) is 2. The molecule has 3 atom stereocenters. The van der Waals surface area contributed by atoms with E-state index in [0.29, 0.717) is 34.7 Å². The SMILES string of the molecule is CC(C)c1ccc(O[C@H]2CNC(C(O)COc3cccc(Cl)c3Cl)C2)cc1. The van der Waals surface area contributed by atoms with Gasteiger partial charge in [0.1, 0.15) is 35.3 Å². The fourth-order valence-electron chi connectivity index (χ4n) is 3.13. The number of halogens is 2. The molecule has 0 aliphatic carbocycles. The van der Waals surface area contributed by atoms with Gasteiger partial charge in [-0.2, -0.15) is 0 Å². The zero-order valence-electron chi connectivity index (χ0n) is 15.5. The first kappa shape index (κ1) is 20.3. The summed E-state index contributed by atoms with van der Waals surface area (Å²) in [5.41, 5.74) is 1.29. The van der Waals surface area contributed by atoms with E-state index in [1.165, 1.54) is 5.56 Å². The fraction of sp³-hybridized carbons (Fsp3) is 0.429. The van der Waals surface area contributed by atoms with E-state index in [-0.39, 0.29) is 18.8 Å². The van der Waals surface area contributed by atoms with Crippen molar-refractivity contribution in [3.63, 3.8) is 0 Å². The number of ether oxygens (including phenoxy) is 2. The van der Waals surface area contributed by atoms with Crippen LogP contribution in [0.2, 0.25) is 10.0 Å². The van der Waals surface area contributed by atoms with Crippen molar-refractivity contribution in [2.75, 3.05) is 13.2 Å². The second kappa shape index (κ2) is 9.16. The van der Waals surface area contributed by atoms with Crippen molar-refractivity contribution in [2.24, 2.45) is 0 Å². The molecule has 0 bridgehead atoms. The van der Waals surface area contributed by atoms with Crippen LogP contribution in [0.5, 0.6) is 11.5 Å². The molecular formula is C21H25Cl2NO3. The van der Waals surface area contributed by atoms with Gasteiger partial charge in [-0.05, 0) is 35.7 Å². The average Bonchev–Trinajstić information content (AvgIpc) is 3.12. The summed E-state index contributed by atoms with van der Waals surface area (Å²) < 4.78 is 11.7. The lowest BCUT2D eigenvalue weighted by molar-refractivity contribution is 0.0756. The molecule has 1 saturated heterocycles. The second-order valence-corrected chi connectivity index (χ2v) is 7.93. The molecule has 1 aliphatic rings. The van der Waals surface area contributed by atoms with Gasteiger partial charge in [-0.15, -0.1) is 0 Å². The lowest BCUT2D eigenvalue weighted by Gasteiger charge is -2.19. The summed E-state index contributed by atoms with van der Waals surface area (Å²) in [5, 5.41) is 14.5. The maximum atomic E-state index is 10.4. The molecule has 2 aromatic rings. The Morgan fingerprint density at radius 1 is 1.15 bits per heavy atom. The lowest BCUT2D eigenvalue weighted by Crippen LogP contribution is -2.38. The third kappa shape index (κ3) is 5.29. The molecule has 146 valence electrons. The Bertz CT molecular complexity index is 752. The predicted octanol–water partition coefficient (Wildman–Crippen LogP) is 4.67. The van der Waals surface area contributed by atoms with E-state index in [4.69, 9.17) is 32.7 Å². The summed E-state index contributed by atoms with van der Waals surface area (Å²) in [7, 11) is 0. The van der Waals surface area contributed by atoms with Crippen molar-refractivity contribution in [3.05, 3.63) is 58.1 Å². The van der Waals surface area contributed by atoms with Gasteiger partial charge >= 0.3 is 0 Å². The highest BCUT2D eigenvalue weighted by Gasteiger charge is 2.31. The van der Waals surface area contributed by atoms with E-state index in [0.717, 1.165) is 5.75 Å². The minimum Gasteiger partial charge on any atom is -0.489 e. The Labute approximate surface area is 170 Å². The van der Waals surface area contributed by atoms with Gasteiger partial charge in [0.2, 0.25) is 0 Å². The van der Waals surface area contributed by atoms with Gasteiger partial charge in [-0.3, -0.25) is 0 Å². The molecule has 0 spiro atoms. The first-order valence-corrected chi connectivity index (χ1v) is 9.94. The Morgan fingerprint density at radius 2 is 1.89 bits per heavy atom. The summed E-state index contributed by atoms with van der Waals surface area (Å²) in [6.07, 6.45) is 0.0565. The first-order valence-electron chi connectivity index (χ1n) is 9.19. The Morgan fingerprint density at radius 3 is 2.59 bits per heavy atom. The standard InChI is InChI=1S/C21H25Cl2NO3/c1-13(2)14-6-8-15(9-7-14)27-16-10-18(24-11-16)19(25)12-26-20-5-3-4-17(22)21(20)23/h3-9,13,16,18-19,24-25H,10-12H2,1-2H3/t16-,18?,19?/m1/s1. The van der Waals surface area contributed by atoms with E-state index < -0.39 is 6.10 Å². The van der Waals surface area contributed by atoms with Gasteiger partial charge < -0.3 is 19.9 Å². The molecular weight excluding hydrogens is 385 g/mol. The number of benzene rings is 2.